The highest BCUT2D eigenvalue weighted by molar-refractivity contribution is 5.83. The Bertz CT molecular complexity index is 341. The molecular formula is C16H28N2O2. The van der Waals surface area contributed by atoms with Gasteiger partial charge in [-0.2, -0.15) is 0 Å². The summed E-state index contributed by atoms with van der Waals surface area (Å²) >= 11 is 0. The van der Waals surface area contributed by atoms with Gasteiger partial charge in [-0.15, -0.1) is 0 Å². The van der Waals surface area contributed by atoms with Gasteiger partial charge in [0.2, 0.25) is 5.91 Å². The van der Waals surface area contributed by atoms with Crippen molar-refractivity contribution in [2.75, 3.05) is 39.4 Å². The zero-order valence-electron chi connectivity index (χ0n) is 12.7. The van der Waals surface area contributed by atoms with Crippen LogP contribution in [0.3, 0.4) is 0 Å². The summed E-state index contributed by atoms with van der Waals surface area (Å²) in [7, 11) is 0. The Morgan fingerprint density at radius 1 is 1.25 bits per heavy atom. The molecule has 1 amide bonds. The van der Waals surface area contributed by atoms with Crippen LogP contribution in [0, 0.1) is 11.8 Å². The first kappa shape index (κ1) is 14.3. The maximum absolute atomic E-state index is 12.5. The second kappa shape index (κ2) is 6.44. The fourth-order valence-electron chi connectivity index (χ4n) is 4.06. The summed E-state index contributed by atoms with van der Waals surface area (Å²) in [6, 6.07) is 0.183. The molecule has 20 heavy (non-hydrogen) atoms. The minimum absolute atomic E-state index is 0.183. The second-order valence-corrected chi connectivity index (χ2v) is 6.66. The maximum Gasteiger partial charge on any atom is 0.239 e. The van der Waals surface area contributed by atoms with Gasteiger partial charge in [0.05, 0.1) is 6.04 Å². The van der Waals surface area contributed by atoms with Crippen LogP contribution in [0.15, 0.2) is 0 Å². The Balaban J connectivity index is 1.55. The van der Waals surface area contributed by atoms with E-state index in [-0.39, 0.29) is 6.04 Å². The first-order valence-corrected chi connectivity index (χ1v) is 8.38. The van der Waals surface area contributed by atoms with Crippen molar-refractivity contribution in [3.8, 4) is 0 Å². The number of piperidine rings is 2. The van der Waals surface area contributed by atoms with Crippen LogP contribution in [0.4, 0.5) is 0 Å². The molecule has 3 saturated heterocycles. The summed E-state index contributed by atoms with van der Waals surface area (Å²) in [6.07, 6.45) is 6.02. The van der Waals surface area contributed by atoms with E-state index in [1.165, 1.54) is 25.7 Å². The molecule has 0 N–H and O–H groups in total. The van der Waals surface area contributed by atoms with Crippen molar-refractivity contribution in [1.82, 2.24) is 9.80 Å². The Morgan fingerprint density at radius 3 is 2.80 bits per heavy atom. The predicted octanol–water partition coefficient (Wildman–Crippen LogP) is 1.75. The molecule has 0 spiro atoms. The Labute approximate surface area is 122 Å². The highest BCUT2D eigenvalue weighted by Gasteiger charge is 2.40. The molecule has 0 aromatic rings. The molecule has 114 valence electrons. The van der Waals surface area contributed by atoms with Gasteiger partial charge < -0.3 is 9.64 Å². The van der Waals surface area contributed by atoms with Gasteiger partial charge in [0.25, 0.3) is 0 Å². The maximum atomic E-state index is 12.5. The lowest BCUT2D eigenvalue weighted by Gasteiger charge is -2.46. The number of likely N-dealkylation sites (N-methyl/N-ethyl adjacent to an activating group) is 1. The molecule has 0 aromatic carbocycles. The first-order valence-electron chi connectivity index (χ1n) is 8.38. The number of likely N-dealkylation sites (tertiary alicyclic amines) is 2. The molecule has 0 radical (unpaired) electrons. The van der Waals surface area contributed by atoms with Crippen LogP contribution in [0.1, 0.15) is 39.0 Å². The van der Waals surface area contributed by atoms with E-state index < -0.39 is 0 Å². The summed E-state index contributed by atoms with van der Waals surface area (Å²) in [4.78, 5) is 17.0. The largest absolute Gasteiger partial charge is 0.381 e. The number of hydrogen-bond acceptors (Lipinski definition) is 3. The van der Waals surface area contributed by atoms with Gasteiger partial charge in [-0.3, -0.25) is 9.69 Å². The van der Waals surface area contributed by atoms with E-state index in [4.69, 9.17) is 4.74 Å². The van der Waals surface area contributed by atoms with Crippen molar-refractivity contribution in [2.45, 2.75) is 45.1 Å². The lowest BCUT2D eigenvalue weighted by molar-refractivity contribution is -0.145. The van der Waals surface area contributed by atoms with E-state index in [0.29, 0.717) is 5.91 Å². The normalized spacial score (nSPS) is 32.6. The van der Waals surface area contributed by atoms with Crippen LogP contribution in [-0.2, 0) is 9.53 Å². The fraction of sp³-hybridized carbons (Fsp3) is 0.938. The van der Waals surface area contributed by atoms with Gasteiger partial charge in [-0.05, 0) is 64.0 Å². The van der Waals surface area contributed by atoms with Gasteiger partial charge in [0.1, 0.15) is 0 Å². The van der Waals surface area contributed by atoms with Crippen molar-refractivity contribution >= 4 is 5.91 Å². The minimum Gasteiger partial charge on any atom is -0.381 e. The zero-order chi connectivity index (χ0) is 13.9. The number of carbonyl (C=O) groups is 1. The van der Waals surface area contributed by atoms with Crippen LogP contribution >= 0.6 is 0 Å². The molecular weight excluding hydrogens is 252 g/mol. The van der Waals surface area contributed by atoms with Crippen LogP contribution in [-0.4, -0.2) is 61.1 Å². The standard InChI is InChI=1S/C16H28N2O2/c1-2-17-12-14-4-8-18(15(11-14)16(17)19)7-3-13-5-9-20-10-6-13/h13-15H,2-12H2,1H3/t14-,15+/m0/s1. The van der Waals surface area contributed by atoms with E-state index in [0.717, 1.165) is 57.6 Å². The van der Waals surface area contributed by atoms with Crippen molar-refractivity contribution in [2.24, 2.45) is 11.8 Å². The van der Waals surface area contributed by atoms with Crippen molar-refractivity contribution in [3.05, 3.63) is 0 Å². The lowest BCUT2D eigenvalue weighted by Crippen LogP contribution is -2.58. The van der Waals surface area contributed by atoms with Gasteiger partial charge in [-0.25, -0.2) is 0 Å². The third kappa shape index (κ3) is 3.01. The predicted molar refractivity (Wildman–Crippen MR) is 78.5 cm³/mol. The minimum atomic E-state index is 0.183. The first-order chi connectivity index (χ1) is 9.78. The van der Waals surface area contributed by atoms with Gasteiger partial charge in [-0.1, -0.05) is 0 Å². The highest BCUT2D eigenvalue weighted by atomic mass is 16.5. The third-order valence-electron chi connectivity index (χ3n) is 5.44. The Kier molecular flexibility index (Phi) is 4.61. The summed E-state index contributed by atoms with van der Waals surface area (Å²) in [5, 5.41) is 0. The molecule has 0 aliphatic carbocycles. The second-order valence-electron chi connectivity index (χ2n) is 6.66. The van der Waals surface area contributed by atoms with E-state index in [2.05, 4.69) is 16.7 Å². The van der Waals surface area contributed by atoms with Gasteiger partial charge >= 0.3 is 0 Å². The average Bonchev–Trinajstić information content (AvgIpc) is 2.51. The number of nitrogens with zero attached hydrogens (tertiary/aromatic N) is 2. The molecule has 4 heteroatoms. The van der Waals surface area contributed by atoms with Crippen molar-refractivity contribution in [1.29, 1.82) is 0 Å². The van der Waals surface area contributed by atoms with Crippen LogP contribution in [0.2, 0.25) is 0 Å². The SMILES string of the molecule is CCN1C[C@H]2CCN(CCC3CCOCC3)[C@H](C2)C1=O. The van der Waals surface area contributed by atoms with Gasteiger partial charge in [0, 0.05) is 26.3 Å². The molecule has 0 aromatic heterocycles. The molecule has 0 unspecified atom stereocenters. The molecule has 3 fully saturated rings. The number of carbonyl (C=O) groups excluding carboxylic acids is 1. The number of amides is 1. The summed E-state index contributed by atoms with van der Waals surface area (Å²) in [5.74, 6) is 1.94. The molecule has 2 bridgehead atoms. The number of rotatable bonds is 4. The molecule has 3 rings (SSSR count). The molecule has 3 aliphatic rings. The van der Waals surface area contributed by atoms with E-state index in [1.54, 1.807) is 0 Å². The summed E-state index contributed by atoms with van der Waals surface area (Å²) in [6.45, 7) is 8.06. The fourth-order valence-corrected chi connectivity index (χ4v) is 4.06. The van der Waals surface area contributed by atoms with Crippen molar-refractivity contribution in [3.63, 3.8) is 0 Å². The molecule has 3 aliphatic heterocycles. The average molecular weight is 280 g/mol. The number of hydrogen-bond donors (Lipinski definition) is 0. The van der Waals surface area contributed by atoms with E-state index in [9.17, 15) is 4.79 Å². The Morgan fingerprint density at radius 2 is 2.05 bits per heavy atom. The highest BCUT2D eigenvalue weighted by Crippen LogP contribution is 2.30. The van der Waals surface area contributed by atoms with Gasteiger partial charge in [0.15, 0.2) is 0 Å². The number of ether oxygens (including phenoxy) is 1. The third-order valence-corrected chi connectivity index (χ3v) is 5.44. The molecule has 2 atom stereocenters. The lowest BCUT2D eigenvalue weighted by atomic mass is 9.85. The van der Waals surface area contributed by atoms with E-state index >= 15 is 0 Å². The topological polar surface area (TPSA) is 32.8 Å². The summed E-state index contributed by atoms with van der Waals surface area (Å²) in [5.41, 5.74) is 0. The smallest absolute Gasteiger partial charge is 0.239 e. The van der Waals surface area contributed by atoms with E-state index in [1.807, 2.05) is 0 Å². The Hall–Kier alpha value is -0.610. The van der Waals surface area contributed by atoms with Crippen LogP contribution < -0.4 is 0 Å². The van der Waals surface area contributed by atoms with Crippen molar-refractivity contribution < 1.29 is 9.53 Å². The van der Waals surface area contributed by atoms with Crippen LogP contribution in [0.5, 0.6) is 0 Å². The molecule has 4 nitrogen and oxygen atoms in total. The monoisotopic (exact) mass is 280 g/mol. The number of fused-ring (bicyclic) bond motifs is 2. The summed E-state index contributed by atoms with van der Waals surface area (Å²) < 4.78 is 5.43. The van der Waals surface area contributed by atoms with Crippen LogP contribution in [0.25, 0.3) is 0 Å². The zero-order valence-corrected chi connectivity index (χ0v) is 12.7. The molecule has 3 heterocycles. The molecule has 0 saturated carbocycles. The quantitative estimate of drug-likeness (QED) is 0.786.